The third kappa shape index (κ3) is 6.35. The van der Waals surface area contributed by atoms with Crippen LogP contribution >= 0.6 is 15.9 Å². The fourth-order valence-electron chi connectivity index (χ4n) is 0.840. The van der Waals surface area contributed by atoms with Crippen LogP contribution in [0.2, 0.25) is 0 Å². The number of carbonyl (C=O) groups is 1. The number of carbonyl (C=O) groups excluding carboxylic acids is 1. The monoisotopic (exact) mass is 221 g/mol. The van der Waals surface area contributed by atoms with Crippen LogP contribution in [0.25, 0.3) is 0 Å². The van der Waals surface area contributed by atoms with E-state index in [2.05, 4.69) is 15.9 Å². The first-order valence-corrected chi connectivity index (χ1v) is 5.07. The van der Waals surface area contributed by atoms with Crippen molar-refractivity contribution in [2.45, 2.75) is 32.6 Å². The van der Waals surface area contributed by atoms with Crippen LogP contribution in [-0.4, -0.2) is 11.3 Å². The molecule has 11 heavy (non-hydrogen) atoms. The molecule has 0 aliphatic heterocycles. The van der Waals surface area contributed by atoms with E-state index in [4.69, 9.17) is 0 Å². The number of halogens is 1. The molecule has 0 aliphatic carbocycles. The highest BCUT2D eigenvalue weighted by atomic mass is 79.9. The zero-order valence-corrected chi connectivity index (χ0v) is 8.39. The smallest absolute Gasteiger partial charge is 0.0442 e. The molecule has 0 aromatic heterocycles. The lowest BCUT2D eigenvalue weighted by molar-refractivity contribution is -0.311. The van der Waals surface area contributed by atoms with Crippen molar-refractivity contribution in [3.63, 3.8) is 0 Å². The zero-order valence-electron chi connectivity index (χ0n) is 6.81. The first kappa shape index (κ1) is 11.0. The SMILES string of the molecule is CC(CCCCCBr)C(=O)[O-]. The maximum absolute atomic E-state index is 10.2. The van der Waals surface area contributed by atoms with Crippen molar-refractivity contribution in [3.8, 4) is 0 Å². The van der Waals surface area contributed by atoms with Gasteiger partial charge in [-0.3, -0.25) is 0 Å². The van der Waals surface area contributed by atoms with E-state index in [1.807, 2.05) is 0 Å². The molecule has 0 aromatic carbocycles. The molecule has 0 spiro atoms. The van der Waals surface area contributed by atoms with E-state index < -0.39 is 5.97 Å². The van der Waals surface area contributed by atoms with E-state index in [-0.39, 0.29) is 5.92 Å². The first-order valence-electron chi connectivity index (χ1n) is 3.95. The second kappa shape index (κ2) is 6.65. The second-order valence-corrected chi connectivity index (χ2v) is 3.55. The van der Waals surface area contributed by atoms with Crippen LogP contribution in [0.15, 0.2) is 0 Å². The number of hydrogen-bond donors (Lipinski definition) is 0. The molecule has 0 aromatic rings. The Kier molecular flexibility index (Phi) is 6.62. The Balaban J connectivity index is 3.17. The Bertz CT molecular complexity index is 115. The van der Waals surface area contributed by atoms with Gasteiger partial charge in [0.05, 0.1) is 0 Å². The molecular weight excluding hydrogens is 208 g/mol. The minimum absolute atomic E-state index is 0.287. The molecule has 0 fully saturated rings. The Morgan fingerprint density at radius 1 is 1.45 bits per heavy atom. The number of carboxylic acid groups (broad SMARTS) is 1. The summed E-state index contributed by atoms with van der Waals surface area (Å²) in [4.78, 5) is 10.2. The van der Waals surface area contributed by atoms with Crippen molar-refractivity contribution < 1.29 is 9.90 Å². The van der Waals surface area contributed by atoms with Gasteiger partial charge in [-0.25, -0.2) is 0 Å². The maximum Gasteiger partial charge on any atom is 0.0442 e. The number of rotatable bonds is 6. The van der Waals surface area contributed by atoms with Gasteiger partial charge in [-0.1, -0.05) is 35.7 Å². The molecule has 0 amide bonds. The zero-order chi connectivity index (χ0) is 8.69. The Hall–Kier alpha value is -0.0500. The molecular formula is C8H14BrO2-. The van der Waals surface area contributed by atoms with Crippen LogP contribution < -0.4 is 5.11 Å². The summed E-state index contributed by atoms with van der Waals surface area (Å²) in [5.74, 6) is -1.21. The van der Waals surface area contributed by atoms with E-state index >= 15 is 0 Å². The van der Waals surface area contributed by atoms with Gasteiger partial charge in [-0.15, -0.1) is 0 Å². The number of carboxylic acids is 1. The van der Waals surface area contributed by atoms with Crippen molar-refractivity contribution in [2.24, 2.45) is 5.92 Å². The minimum Gasteiger partial charge on any atom is -0.550 e. The molecule has 66 valence electrons. The van der Waals surface area contributed by atoms with Crippen molar-refractivity contribution in [1.82, 2.24) is 0 Å². The summed E-state index contributed by atoms with van der Waals surface area (Å²) in [6.45, 7) is 1.70. The van der Waals surface area contributed by atoms with Crippen LogP contribution in [0.1, 0.15) is 32.6 Å². The van der Waals surface area contributed by atoms with Crippen LogP contribution in [0, 0.1) is 5.92 Å². The Morgan fingerprint density at radius 3 is 2.55 bits per heavy atom. The van der Waals surface area contributed by atoms with Gasteiger partial charge in [-0.05, 0) is 18.8 Å². The highest BCUT2D eigenvalue weighted by molar-refractivity contribution is 9.09. The van der Waals surface area contributed by atoms with Gasteiger partial charge in [-0.2, -0.15) is 0 Å². The largest absolute Gasteiger partial charge is 0.550 e. The fraction of sp³-hybridized carbons (Fsp3) is 0.875. The normalized spacial score (nSPS) is 12.9. The van der Waals surface area contributed by atoms with Gasteiger partial charge in [0, 0.05) is 11.3 Å². The number of alkyl halides is 1. The summed E-state index contributed by atoms with van der Waals surface area (Å²) in [5, 5.41) is 11.2. The van der Waals surface area contributed by atoms with E-state index in [1.54, 1.807) is 6.92 Å². The molecule has 2 nitrogen and oxygen atoms in total. The summed E-state index contributed by atoms with van der Waals surface area (Å²) in [6, 6.07) is 0. The van der Waals surface area contributed by atoms with E-state index in [9.17, 15) is 9.90 Å². The number of aliphatic carboxylic acids is 1. The molecule has 0 saturated carbocycles. The predicted molar refractivity (Wildman–Crippen MR) is 46.4 cm³/mol. The topological polar surface area (TPSA) is 40.1 Å². The quantitative estimate of drug-likeness (QED) is 0.502. The molecule has 0 aliphatic rings. The standard InChI is InChI=1S/C8H15BrO2/c1-7(8(10)11)5-3-2-4-6-9/h7H,2-6H2,1H3,(H,10,11)/p-1. The van der Waals surface area contributed by atoms with Crippen LogP contribution in [-0.2, 0) is 4.79 Å². The molecule has 0 bridgehead atoms. The lowest BCUT2D eigenvalue weighted by Gasteiger charge is -2.10. The molecule has 0 rings (SSSR count). The molecule has 0 N–H and O–H groups in total. The lowest BCUT2D eigenvalue weighted by atomic mass is 10.0. The highest BCUT2D eigenvalue weighted by Crippen LogP contribution is 2.08. The Labute approximate surface area is 76.1 Å². The van der Waals surface area contributed by atoms with E-state index in [0.29, 0.717) is 0 Å². The predicted octanol–water partition coefficient (Wildman–Crippen LogP) is 1.33. The molecule has 0 radical (unpaired) electrons. The van der Waals surface area contributed by atoms with Gasteiger partial charge in [0.1, 0.15) is 0 Å². The van der Waals surface area contributed by atoms with Gasteiger partial charge in [0.2, 0.25) is 0 Å². The molecule has 0 heterocycles. The first-order chi connectivity index (χ1) is 5.18. The van der Waals surface area contributed by atoms with Crippen LogP contribution in [0.4, 0.5) is 0 Å². The van der Waals surface area contributed by atoms with Crippen LogP contribution in [0.5, 0.6) is 0 Å². The third-order valence-electron chi connectivity index (χ3n) is 1.67. The van der Waals surface area contributed by atoms with Gasteiger partial charge in [0.25, 0.3) is 0 Å². The van der Waals surface area contributed by atoms with Gasteiger partial charge < -0.3 is 9.90 Å². The number of unbranched alkanes of at least 4 members (excludes halogenated alkanes) is 2. The molecule has 1 atom stereocenters. The minimum atomic E-state index is -0.927. The van der Waals surface area contributed by atoms with Crippen molar-refractivity contribution in [3.05, 3.63) is 0 Å². The summed E-state index contributed by atoms with van der Waals surface area (Å²) in [5.41, 5.74) is 0. The average Bonchev–Trinajstić information content (AvgIpc) is 1.97. The highest BCUT2D eigenvalue weighted by Gasteiger charge is 2.00. The van der Waals surface area contributed by atoms with Crippen molar-refractivity contribution in [2.75, 3.05) is 5.33 Å². The summed E-state index contributed by atoms with van der Waals surface area (Å²) < 4.78 is 0. The van der Waals surface area contributed by atoms with Crippen LogP contribution in [0.3, 0.4) is 0 Å². The average molecular weight is 222 g/mol. The van der Waals surface area contributed by atoms with E-state index in [1.165, 1.54) is 0 Å². The number of hydrogen-bond acceptors (Lipinski definition) is 2. The summed E-state index contributed by atoms with van der Waals surface area (Å²) in [7, 11) is 0. The van der Waals surface area contributed by atoms with Crippen molar-refractivity contribution >= 4 is 21.9 Å². The molecule has 1 unspecified atom stereocenters. The van der Waals surface area contributed by atoms with Gasteiger partial charge in [0.15, 0.2) is 0 Å². The van der Waals surface area contributed by atoms with Crippen molar-refractivity contribution in [1.29, 1.82) is 0 Å². The molecule has 0 saturated heterocycles. The van der Waals surface area contributed by atoms with E-state index in [0.717, 1.165) is 31.0 Å². The Morgan fingerprint density at radius 2 is 2.09 bits per heavy atom. The second-order valence-electron chi connectivity index (χ2n) is 2.76. The van der Waals surface area contributed by atoms with Gasteiger partial charge >= 0.3 is 0 Å². The summed E-state index contributed by atoms with van der Waals surface area (Å²) >= 11 is 3.32. The maximum atomic E-state index is 10.2. The molecule has 3 heteroatoms. The lowest BCUT2D eigenvalue weighted by Crippen LogP contribution is -2.29. The fourth-order valence-corrected chi connectivity index (χ4v) is 1.24. The third-order valence-corrected chi connectivity index (χ3v) is 2.23. The summed E-state index contributed by atoms with van der Waals surface area (Å²) in [6.07, 6.45) is 3.96.